The van der Waals surface area contributed by atoms with Gasteiger partial charge in [0.05, 0.1) is 16.6 Å². The third kappa shape index (κ3) is 4.57. The van der Waals surface area contributed by atoms with Crippen LogP contribution in [-0.2, 0) is 6.42 Å². The zero-order chi connectivity index (χ0) is 33.0. The van der Waals surface area contributed by atoms with Crippen LogP contribution in [0.1, 0.15) is 17.7 Å². The largest absolute Gasteiger partial charge is 0.313 e. The van der Waals surface area contributed by atoms with Gasteiger partial charge in [-0.25, -0.2) is 0 Å². The Kier molecular flexibility index (Phi) is 6.67. The maximum absolute atomic E-state index is 2.52. The minimum atomic E-state index is 1.01. The molecule has 0 saturated carbocycles. The molecule has 2 nitrogen and oxygen atoms in total. The van der Waals surface area contributed by atoms with E-state index in [0.717, 1.165) is 12.8 Å². The lowest BCUT2D eigenvalue weighted by Gasteiger charge is -2.15. The van der Waals surface area contributed by atoms with E-state index in [1.54, 1.807) is 0 Å². The lowest BCUT2D eigenvalue weighted by Crippen LogP contribution is -2.03. The highest BCUT2D eigenvalue weighted by atomic mass is 15.0. The monoisotopic (exact) mass is 638 g/mol. The lowest BCUT2D eigenvalue weighted by atomic mass is 9.99. The second kappa shape index (κ2) is 11.6. The molecule has 50 heavy (non-hydrogen) atoms. The molecule has 1 aliphatic carbocycles. The number of hydrogen-bond acceptors (Lipinski definition) is 0. The molecule has 0 unspecified atom stereocenters. The maximum atomic E-state index is 2.52. The highest BCUT2D eigenvalue weighted by Gasteiger charge is 2.24. The van der Waals surface area contributed by atoms with Crippen LogP contribution in [0.15, 0.2) is 176 Å². The first-order valence-corrected chi connectivity index (χ1v) is 17.5. The van der Waals surface area contributed by atoms with Crippen LogP contribution >= 0.6 is 0 Å². The van der Waals surface area contributed by atoms with E-state index in [9.17, 15) is 0 Å². The Bertz CT molecular complexity index is 2710. The molecule has 9 aromatic rings. The van der Waals surface area contributed by atoms with E-state index in [2.05, 4.69) is 191 Å². The molecule has 0 spiro atoms. The van der Waals surface area contributed by atoms with Gasteiger partial charge in [0.15, 0.2) is 0 Å². The first kappa shape index (κ1) is 28.6. The molecule has 2 heterocycles. The van der Waals surface area contributed by atoms with Gasteiger partial charge in [0.25, 0.3) is 0 Å². The molecule has 2 heteroatoms. The minimum absolute atomic E-state index is 1.01. The van der Waals surface area contributed by atoms with E-state index in [1.165, 1.54) is 88.7 Å². The summed E-state index contributed by atoms with van der Waals surface area (Å²) in [4.78, 5) is 0. The zero-order valence-electron chi connectivity index (χ0n) is 27.6. The topological polar surface area (TPSA) is 9.86 Å². The van der Waals surface area contributed by atoms with Crippen molar-refractivity contribution in [3.8, 4) is 44.8 Å². The molecular weight excluding hydrogens is 605 g/mol. The van der Waals surface area contributed by atoms with Crippen molar-refractivity contribution in [2.75, 3.05) is 0 Å². The number of aromatic nitrogens is 2. The van der Waals surface area contributed by atoms with Gasteiger partial charge in [0.1, 0.15) is 0 Å². The first-order chi connectivity index (χ1) is 24.8. The summed E-state index contributed by atoms with van der Waals surface area (Å²) in [6, 6.07) is 61.8. The van der Waals surface area contributed by atoms with Crippen molar-refractivity contribution in [2.45, 2.75) is 12.8 Å². The van der Waals surface area contributed by atoms with Crippen LogP contribution in [0, 0.1) is 0 Å². The number of allylic oxidation sites excluding steroid dienone is 1. The normalized spacial score (nSPS) is 12.6. The third-order valence-electron chi connectivity index (χ3n) is 10.4. The minimum Gasteiger partial charge on any atom is -0.313 e. The summed E-state index contributed by atoms with van der Waals surface area (Å²) in [6.07, 6.45) is 6.77. The fraction of sp³-hybridized carbons (Fsp3) is 0.0417. The second-order valence-electron chi connectivity index (χ2n) is 13.2. The summed E-state index contributed by atoms with van der Waals surface area (Å²) in [5.74, 6) is 0. The van der Waals surface area contributed by atoms with Crippen LogP contribution in [0.5, 0.6) is 0 Å². The Morgan fingerprint density at radius 3 is 1.64 bits per heavy atom. The molecule has 10 rings (SSSR count). The van der Waals surface area contributed by atoms with Gasteiger partial charge in [-0.3, -0.25) is 0 Å². The van der Waals surface area contributed by atoms with Crippen molar-refractivity contribution < 1.29 is 0 Å². The van der Waals surface area contributed by atoms with E-state index in [-0.39, 0.29) is 0 Å². The number of fused-ring (bicyclic) bond motifs is 7. The third-order valence-corrected chi connectivity index (χ3v) is 10.4. The quantitative estimate of drug-likeness (QED) is 0.178. The maximum Gasteiger partial charge on any atom is 0.0548 e. The molecule has 0 bridgehead atoms. The SMILES string of the molecule is C1=Cc2c(n(-c3cccc(-c4ccc(-c5ccccc5)cc4)c3)c3ccc4c(c5ccccc5n4-c4ccc(-c5ccccc5)cc4)c23)CC1. The Hall–Kier alpha value is -6.38. The van der Waals surface area contributed by atoms with E-state index in [4.69, 9.17) is 0 Å². The Balaban J connectivity index is 1.14. The summed E-state index contributed by atoms with van der Waals surface area (Å²) in [6.45, 7) is 0. The standard InChI is InChI=1S/C48H34N2/c1-3-12-33(13-4-1)35-22-24-37(25-23-35)38-16-11-17-40(32-38)50-44-21-10-8-19-42(44)48-46(50)31-30-45-47(48)41-18-7-9-20-43(41)49(45)39-28-26-36(27-29-39)34-14-5-2-6-15-34/h1-9,11-20,22-32H,10,21H2. The van der Waals surface area contributed by atoms with Crippen LogP contribution in [0.4, 0.5) is 0 Å². The van der Waals surface area contributed by atoms with Gasteiger partial charge >= 0.3 is 0 Å². The molecule has 0 fully saturated rings. The van der Waals surface area contributed by atoms with Crippen LogP contribution < -0.4 is 0 Å². The summed E-state index contributed by atoms with van der Waals surface area (Å²) < 4.78 is 4.96. The number of nitrogens with zero attached hydrogens (tertiary/aromatic N) is 2. The molecule has 0 saturated heterocycles. The predicted molar refractivity (Wildman–Crippen MR) is 211 cm³/mol. The van der Waals surface area contributed by atoms with E-state index in [0.29, 0.717) is 0 Å². The van der Waals surface area contributed by atoms with Gasteiger partial charge in [-0.2, -0.15) is 0 Å². The van der Waals surface area contributed by atoms with Crippen molar-refractivity contribution in [1.82, 2.24) is 9.13 Å². The Labute approximate surface area is 291 Å². The van der Waals surface area contributed by atoms with Crippen molar-refractivity contribution >= 4 is 38.8 Å². The first-order valence-electron chi connectivity index (χ1n) is 17.5. The molecular formula is C48H34N2. The lowest BCUT2D eigenvalue weighted by molar-refractivity contribution is 0.889. The number of benzene rings is 7. The van der Waals surface area contributed by atoms with E-state index in [1.807, 2.05) is 0 Å². The molecule has 236 valence electrons. The summed E-state index contributed by atoms with van der Waals surface area (Å²) >= 11 is 0. The van der Waals surface area contributed by atoms with Gasteiger partial charge < -0.3 is 9.13 Å². The van der Waals surface area contributed by atoms with E-state index >= 15 is 0 Å². The summed E-state index contributed by atoms with van der Waals surface area (Å²) in [5.41, 5.74) is 16.2. The summed E-state index contributed by atoms with van der Waals surface area (Å²) in [5, 5.41) is 3.94. The molecule has 0 N–H and O–H groups in total. The second-order valence-corrected chi connectivity index (χ2v) is 13.2. The van der Waals surface area contributed by atoms with Crippen LogP contribution in [0.25, 0.3) is 83.5 Å². The Morgan fingerprint density at radius 2 is 0.940 bits per heavy atom. The molecule has 0 aliphatic heterocycles. The van der Waals surface area contributed by atoms with E-state index < -0.39 is 0 Å². The van der Waals surface area contributed by atoms with Crippen LogP contribution in [0.3, 0.4) is 0 Å². The van der Waals surface area contributed by atoms with Crippen molar-refractivity contribution in [3.63, 3.8) is 0 Å². The average molecular weight is 639 g/mol. The summed E-state index contributed by atoms with van der Waals surface area (Å²) in [7, 11) is 0. The molecule has 1 aliphatic rings. The molecule has 0 atom stereocenters. The van der Waals surface area contributed by atoms with Crippen molar-refractivity contribution in [2.24, 2.45) is 0 Å². The van der Waals surface area contributed by atoms with Crippen LogP contribution in [-0.4, -0.2) is 9.13 Å². The van der Waals surface area contributed by atoms with Gasteiger partial charge in [-0.05, 0) is 88.7 Å². The highest BCUT2D eigenvalue weighted by molar-refractivity contribution is 6.23. The van der Waals surface area contributed by atoms with Crippen LogP contribution in [0.2, 0.25) is 0 Å². The smallest absolute Gasteiger partial charge is 0.0548 e. The molecule has 2 aromatic heterocycles. The predicted octanol–water partition coefficient (Wildman–Crippen LogP) is 12.7. The zero-order valence-corrected chi connectivity index (χ0v) is 27.6. The number of rotatable bonds is 5. The fourth-order valence-electron chi connectivity index (χ4n) is 8.08. The van der Waals surface area contributed by atoms with Crippen molar-refractivity contribution in [3.05, 3.63) is 187 Å². The number of hydrogen-bond donors (Lipinski definition) is 0. The van der Waals surface area contributed by atoms with Gasteiger partial charge in [-0.1, -0.05) is 140 Å². The molecule has 7 aromatic carbocycles. The molecule has 0 radical (unpaired) electrons. The van der Waals surface area contributed by atoms with Gasteiger partial charge in [0.2, 0.25) is 0 Å². The number of para-hydroxylation sites is 1. The highest BCUT2D eigenvalue weighted by Crippen LogP contribution is 2.43. The van der Waals surface area contributed by atoms with Gasteiger partial charge in [-0.15, -0.1) is 0 Å². The fourth-order valence-corrected chi connectivity index (χ4v) is 8.08. The van der Waals surface area contributed by atoms with Crippen molar-refractivity contribution in [1.29, 1.82) is 0 Å². The van der Waals surface area contributed by atoms with Gasteiger partial charge in [0, 0.05) is 38.8 Å². The average Bonchev–Trinajstić information content (AvgIpc) is 3.72. The molecule has 0 amide bonds. The Morgan fingerprint density at radius 1 is 0.380 bits per heavy atom.